The topological polar surface area (TPSA) is 26.3 Å². The van der Waals surface area contributed by atoms with Crippen LogP contribution >= 0.6 is 27.7 Å². The van der Waals surface area contributed by atoms with Crippen LogP contribution in [-0.4, -0.2) is 18.1 Å². The van der Waals surface area contributed by atoms with E-state index in [0.29, 0.717) is 10.0 Å². The van der Waals surface area contributed by atoms with Gasteiger partial charge < -0.3 is 4.74 Å². The Kier molecular flexibility index (Phi) is 6.19. The molecule has 7 heteroatoms. The van der Waals surface area contributed by atoms with Gasteiger partial charge in [0.2, 0.25) is 0 Å². The van der Waals surface area contributed by atoms with Crippen molar-refractivity contribution < 1.29 is 22.7 Å². The van der Waals surface area contributed by atoms with Gasteiger partial charge in [0.15, 0.2) is 0 Å². The summed E-state index contributed by atoms with van der Waals surface area (Å²) in [6, 6.07) is 4.64. The highest BCUT2D eigenvalue weighted by atomic mass is 79.9. The molecule has 2 nitrogen and oxygen atoms in total. The first-order valence-electron chi connectivity index (χ1n) is 5.51. The average Bonchev–Trinajstić information content (AvgIpc) is 2.26. The molecule has 0 aliphatic carbocycles. The van der Waals surface area contributed by atoms with E-state index in [0.717, 1.165) is 0 Å². The molecule has 0 atom stereocenters. The Morgan fingerprint density at radius 1 is 1.42 bits per heavy atom. The van der Waals surface area contributed by atoms with Gasteiger partial charge in [0, 0.05) is 15.8 Å². The van der Waals surface area contributed by atoms with Crippen LogP contribution in [0.5, 0.6) is 0 Å². The van der Waals surface area contributed by atoms with Crippen molar-refractivity contribution in [2.24, 2.45) is 0 Å². The maximum absolute atomic E-state index is 12.4. The predicted molar refractivity (Wildman–Crippen MR) is 71.0 cm³/mol. The van der Waals surface area contributed by atoms with E-state index in [1.807, 2.05) is 0 Å². The molecule has 0 fully saturated rings. The first-order chi connectivity index (χ1) is 8.81. The number of halogens is 4. The summed E-state index contributed by atoms with van der Waals surface area (Å²) in [5.41, 5.74) is -3.86. The van der Waals surface area contributed by atoms with Crippen molar-refractivity contribution >= 4 is 33.7 Å². The number of carbonyl (C=O) groups excluding carboxylic acids is 1. The molecule has 0 spiro atoms. The molecule has 0 N–H and O–H groups in total. The minimum Gasteiger partial charge on any atom is -0.466 e. The van der Waals surface area contributed by atoms with Gasteiger partial charge in [-0.25, -0.2) is 0 Å². The first kappa shape index (κ1) is 16.4. The highest BCUT2D eigenvalue weighted by molar-refractivity contribution is 9.10. The molecule has 0 heterocycles. The van der Waals surface area contributed by atoms with Gasteiger partial charge in [-0.05, 0) is 42.8 Å². The second-order valence-corrected chi connectivity index (χ2v) is 5.63. The molecule has 0 saturated heterocycles. The lowest BCUT2D eigenvalue weighted by Crippen LogP contribution is -2.06. The second-order valence-electron chi connectivity index (χ2n) is 3.60. The van der Waals surface area contributed by atoms with E-state index >= 15 is 0 Å². The van der Waals surface area contributed by atoms with Crippen LogP contribution in [0.15, 0.2) is 27.6 Å². The van der Waals surface area contributed by atoms with Crippen LogP contribution in [0.4, 0.5) is 13.2 Å². The summed E-state index contributed by atoms with van der Waals surface area (Å²) < 4.78 is 42.6. The molecule has 0 aliphatic heterocycles. The smallest absolute Gasteiger partial charge is 0.446 e. The van der Waals surface area contributed by atoms with Gasteiger partial charge >= 0.3 is 11.5 Å². The lowest BCUT2D eigenvalue weighted by Gasteiger charge is -2.11. The van der Waals surface area contributed by atoms with E-state index in [4.69, 9.17) is 4.74 Å². The van der Waals surface area contributed by atoms with Crippen molar-refractivity contribution in [2.75, 3.05) is 6.61 Å². The number of benzene rings is 1. The Labute approximate surface area is 121 Å². The van der Waals surface area contributed by atoms with Crippen molar-refractivity contribution in [1.29, 1.82) is 0 Å². The Hall–Kier alpha value is -0.690. The standard InChI is InChI=1S/C12H12BrF3O2S/c1-2-18-11(17)6-4-8-3-5-9(13)7-10(8)19-12(14,15)16/h3,5,7H,2,4,6H2,1H3. The largest absolute Gasteiger partial charge is 0.466 e. The molecule has 0 aromatic heterocycles. The highest BCUT2D eigenvalue weighted by Gasteiger charge is 2.30. The predicted octanol–water partition coefficient (Wildman–Crippen LogP) is 4.56. The first-order valence-corrected chi connectivity index (χ1v) is 7.12. The summed E-state index contributed by atoms with van der Waals surface area (Å²) in [4.78, 5) is 11.3. The number of ether oxygens (including phenoxy) is 1. The molecular weight excluding hydrogens is 345 g/mol. The normalized spacial score (nSPS) is 11.4. The SMILES string of the molecule is CCOC(=O)CCc1ccc(Br)cc1SC(F)(F)F. The van der Waals surface area contributed by atoms with Crippen LogP contribution in [-0.2, 0) is 16.0 Å². The van der Waals surface area contributed by atoms with Gasteiger partial charge in [-0.2, -0.15) is 13.2 Å². The van der Waals surface area contributed by atoms with Crippen molar-refractivity contribution in [1.82, 2.24) is 0 Å². The molecule has 0 amide bonds. The number of thioether (sulfide) groups is 1. The fourth-order valence-electron chi connectivity index (χ4n) is 1.42. The number of carbonyl (C=O) groups is 1. The second kappa shape index (κ2) is 7.19. The molecule has 19 heavy (non-hydrogen) atoms. The van der Waals surface area contributed by atoms with E-state index in [1.165, 1.54) is 6.07 Å². The maximum atomic E-state index is 12.4. The Bertz CT molecular complexity index is 449. The van der Waals surface area contributed by atoms with Crippen molar-refractivity contribution in [3.63, 3.8) is 0 Å². The molecule has 1 rings (SSSR count). The van der Waals surface area contributed by atoms with E-state index < -0.39 is 11.5 Å². The molecule has 1 aromatic rings. The Morgan fingerprint density at radius 2 is 2.11 bits per heavy atom. The highest BCUT2D eigenvalue weighted by Crippen LogP contribution is 2.39. The van der Waals surface area contributed by atoms with Gasteiger partial charge in [-0.3, -0.25) is 4.79 Å². The minimum atomic E-state index is -4.35. The van der Waals surface area contributed by atoms with Gasteiger partial charge in [0.1, 0.15) is 0 Å². The van der Waals surface area contributed by atoms with Gasteiger partial charge in [-0.1, -0.05) is 22.0 Å². The molecule has 0 unspecified atom stereocenters. The van der Waals surface area contributed by atoms with Gasteiger partial charge in [0.25, 0.3) is 0 Å². The number of hydrogen-bond donors (Lipinski definition) is 0. The van der Waals surface area contributed by atoms with Crippen LogP contribution in [0.2, 0.25) is 0 Å². The summed E-state index contributed by atoms with van der Waals surface area (Å²) >= 11 is 2.96. The molecule has 106 valence electrons. The molecule has 0 bridgehead atoms. The van der Waals surface area contributed by atoms with Crippen LogP contribution < -0.4 is 0 Å². The zero-order chi connectivity index (χ0) is 14.5. The van der Waals surface area contributed by atoms with Gasteiger partial charge in [0.05, 0.1) is 6.61 Å². The Balaban J connectivity index is 2.79. The number of hydrogen-bond acceptors (Lipinski definition) is 3. The number of aryl methyl sites for hydroxylation is 1. The number of rotatable bonds is 5. The minimum absolute atomic E-state index is 0.0703. The van der Waals surface area contributed by atoms with E-state index in [9.17, 15) is 18.0 Å². The van der Waals surface area contributed by atoms with Crippen LogP contribution in [0.3, 0.4) is 0 Å². The monoisotopic (exact) mass is 356 g/mol. The zero-order valence-corrected chi connectivity index (χ0v) is 12.5. The lowest BCUT2D eigenvalue weighted by molar-refractivity contribution is -0.143. The summed E-state index contributed by atoms with van der Waals surface area (Å²) in [5.74, 6) is -0.409. The van der Waals surface area contributed by atoms with Crippen molar-refractivity contribution in [3.05, 3.63) is 28.2 Å². The third-order valence-electron chi connectivity index (χ3n) is 2.16. The summed E-state index contributed by atoms with van der Waals surface area (Å²) in [6.07, 6.45) is 0.297. The maximum Gasteiger partial charge on any atom is 0.446 e. The summed E-state index contributed by atoms with van der Waals surface area (Å²) in [6.45, 7) is 1.95. The Morgan fingerprint density at radius 3 is 2.68 bits per heavy atom. The fourth-order valence-corrected chi connectivity index (χ4v) is 2.67. The van der Waals surface area contributed by atoms with E-state index in [-0.39, 0.29) is 36.1 Å². The van der Waals surface area contributed by atoms with Crippen molar-refractivity contribution in [3.8, 4) is 0 Å². The van der Waals surface area contributed by atoms with Crippen LogP contribution in [0.1, 0.15) is 18.9 Å². The van der Waals surface area contributed by atoms with Crippen LogP contribution in [0.25, 0.3) is 0 Å². The molecule has 0 aliphatic rings. The van der Waals surface area contributed by atoms with E-state index in [2.05, 4.69) is 15.9 Å². The third-order valence-corrected chi connectivity index (χ3v) is 3.48. The fraction of sp³-hybridized carbons (Fsp3) is 0.417. The summed E-state index contributed by atoms with van der Waals surface area (Å²) in [7, 11) is 0. The number of esters is 1. The average molecular weight is 357 g/mol. The molecule has 0 radical (unpaired) electrons. The molecular formula is C12H12BrF3O2S. The van der Waals surface area contributed by atoms with E-state index in [1.54, 1.807) is 19.1 Å². The lowest BCUT2D eigenvalue weighted by atomic mass is 10.1. The number of alkyl halides is 3. The van der Waals surface area contributed by atoms with Crippen LogP contribution in [0, 0.1) is 0 Å². The van der Waals surface area contributed by atoms with Crippen molar-refractivity contribution in [2.45, 2.75) is 30.2 Å². The molecule has 0 saturated carbocycles. The summed E-state index contributed by atoms with van der Waals surface area (Å²) in [5, 5.41) is 0. The zero-order valence-electron chi connectivity index (χ0n) is 10.1. The molecule has 1 aromatic carbocycles. The third kappa shape index (κ3) is 6.33. The van der Waals surface area contributed by atoms with Gasteiger partial charge in [-0.15, -0.1) is 0 Å². The quantitative estimate of drug-likeness (QED) is 0.571.